The minimum atomic E-state index is 0.0334. The molecule has 0 aromatic heterocycles. The first-order chi connectivity index (χ1) is 13.3. The molecule has 2 atom stereocenters. The highest BCUT2D eigenvalue weighted by Gasteiger charge is 2.41. The number of aliphatic hydroxyl groups is 1. The molecular formula is C24H32ClNOS. The lowest BCUT2D eigenvalue weighted by atomic mass is 9.87. The lowest BCUT2D eigenvalue weighted by Crippen LogP contribution is -2.37. The van der Waals surface area contributed by atoms with Crippen LogP contribution < -0.4 is 0 Å². The molecule has 0 aliphatic carbocycles. The number of hydrogen-bond donors (Lipinski definition) is 1. The van der Waals surface area contributed by atoms with Crippen molar-refractivity contribution in [3.8, 4) is 0 Å². The second-order valence-corrected chi connectivity index (χ2v) is 9.36. The van der Waals surface area contributed by atoms with Crippen LogP contribution in [0.4, 0.5) is 0 Å². The van der Waals surface area contributed by atoms with Gasteiger partial charge in [0.1, 0.15) is 0 Å². The number of rotatable bonds is 4. The van der Waals surface area contributed by atoms with Crippen molar-refractivity contribution < 1.29 is 5.11 Å². The predicted octanol–water partition coefficient (Wildman–Crippen LogP) is 7.07. The van der Waals surface area contributed by atoms with Crippen molar-refractivity contribution in [2.45, 2.75) is 58.5 Å². The number of aryl methyl sites for hydroxylation is 1. The summed E-state index contributed by atoms with van der Waals surface area (Å²) in [6.45, 7) is 12.9. The van der Waals surface area contributed by atoms with E-state index in [9.17, 15) is 5.11 Å². The second kappa shape index (κ2) is 9.98. The molecule has 0 spiro atoms. The lowest BCUT2D eigenvalue weighted by Gasteiger charge is -2.37. The summed E-state index contributed by atoms with van der Waals surface area (Å²) >= 11 is 7.87. The molecule has 152 valence electrons. The van der Waals surface area contributed by atoms with Crippen LogP contribution in [0.15, 0.2) is 65.1 Å². The minimum Gasteiger partial charge on any atom is -0.392 e. The highest BCUT2D eigenvalue weighted by Crippen LogP contribution is 2.48. The van der Waals surface area contributed by atoms with E-state index in [0.717, 1.165) is 16.2 Å². The molecule has 1 heterocycles. The van der Waals surface area contributed by atoms with Crippen LogP contribution in [0.3, 0.4) is 0 Å². The standard InChI is InChI=1S/C22H26ClNOS.C2H6/c1-15-7-5-6-8-19(15)26-24-20(22(2,3)4)13-17(14-25)21(24)16-9-11-18(23)12-10-16;1-2/h5-13,20-21,25H,14H2,1-4H3;1-2H3. The van der Waals surface area contributed by atoms with Gasteiger partial charge in [-0.15, -0.1) is 0 Å². The summed E-state index contributed by atoms with van der Waals surface area (Å²) < 4.78 is 2.43. The highest BCUT2D eigenvalue weighted by molar-refractivity contribution is 7.97. The fourth-order valence-electron chi connectivity index (χ4n) is 3.35. The average Bonchev–Trinajstić information content (AvgIpc) is 3.05. The first kappa shape index (κ1) is 23.0. The molecule has 28 heavy (non-hydrogen) atoms. The van der Waals surface area contributed by atoms with Gasteiger partial charge >= 0.3 is 0 Å². The van der Waals surface area contributed by atoms with Gasteiger partial charge in [-0.05, 0) is 59.2 Å². The zero-order valence-corrected chi connectivity index (χ0v) is 19.3. The molecule has 0 fully saturated rings. The third-order valence-corrected chi connectivity index (χ3v) is 6.36. The summed E-state index contributed by atoms with van der Waals surface area (Å²) in [7, 11) is 0. The molecule has 2 aromatic rings. The molecule has 0 radical (unpaired) electrons. The van der Waals surface area contributed by atoms with E-state index in [-0.39, 0.29) is 24.1 Å². The van der Waals surface area contributed by atoms with Crippen molar-refractivity contribution in [2.24, 2.45) is 5.41 Å². The van der Waals surface area contributed by atoms with Gasteiger partial charge in [-0.3, -0.25) is 0 Å². The maximum Gasteiger partial charge on any atom is 0.0694 e. The Morgan fingerprint density at radius 3 is 2.18 bits per heavy atom. The first-order valence-corrected chi connectivity index (χ1v) is 11.0. The van der Waals surface area contributed by atoms with Crippen molar-refractivity contribution in [1.29, 1.82) is 0 Å². The van der Waals surface area contributed by atoms with Crippen LogP contribution in [0.2, 0.25) is 5.02 Å². The van der Waals surface area contributed by atoms with Crippen molar-refractivity contribution >= 4 is 23.5 Å². The largest absolute Gasteiger partial charge is 0.392 e. The van der Waals surface area contributed by atoms with Crippen LogP contribution >= 0.6 is 23.5 Å². The Kier molecular flexibility index (Phi) is 8.20. The average molecular weight is 418 g/mol. The molecule has 2 aromatic carbocycles. The summed E-state index contributed by atoms with van der Waals surface area (Å²) in [5.74, 6) is 0. The van der Waals surface area contributed by atoms with Crippen molar-refractivity contribution in [3.05, 3.63) is 76.3 Å². The lowest BCUT2D eigenvalue weighted by molar-refractivity contribution is 0.221. The summed E-state index contributed by atoms with van der Waals surface area (Å²) in [6, 6.07) is 16.7. The molecule has 1 aliphatic heterocycles. The quantitative estimate of drug-likeness (QED) is 0.425. The Bertz CT molecular complexity index is 795. The summed E-state index contributed by atoms with van der Waals surface area (Å²) in [6.07, 6.45) is 2.24. The zero-order chi connectivity index (χ0) is 20.9. The third kappa shape index (κ3) is 5.21. The van der Waals surface area contributed by atoms with Gasteiger partial charge in [-0.2, -0.15) is 0 Å². The van der Waals surface area contributed by atoms with E-state index in [1.54, 1.807) is 11.9 Å². The van der Waals surface area contributed by atoms with Gasteiger partial charge in [0.15, 0.2) is 0 Å². The zero-order valence-electron chi connectivity index (χ0n) is 17.7. The van der Waals surface area contributed by atoms with E-state index in [4.69, 9.17) is 11.6 Å². The number of benzene rings is 2. The molecule has 2 unspecified atom stereocenters. The molecule has 0 amide bonds. The van der Waals surface area contributed by atoms with Crippen LogP contribution in [-0.2, 0) is 0 Å². The van der Waals surface area contributed by atoms with Crippen LogP contribution in [0.5, 0.6) is 0 Å². The van der Waals surface area contributed by atoms with Gasteiger partial charge in [0, 0.05) is 16.0 Å². The molecule has 4 heteroatoms. The van der Waals surface area contributed by atoms with Gasteiger partial charge in [0.05, 0.1) is 12.6 Å². The Morgan fingerprint density at radius 1 is 1.04 bits per heavy atom. The maximum absolute atomic E-state index is 10.0. The van der Waals surface area contributed by atoms with E-state index in [1.165, 1.54) is 10.5 Å². The van der Waals surface area contributed by atoms with Crippen LogP contribution in [0.1, 0.15) is 51.8 Å². The van der Waals surface area contributed by atoms with Crippen molar-refractivity contribution in [1.82, 2.24) is 4.31 Å². The fourth-order valence-corrected chi connectivity index (χ4v) is 4.91. The van der Waals surface area contributed by atoms with Gasteiger partial charge < -0.3 is 5.11 Å². The number of aliphatic hydroxyl groups excluding tert-OH is 1. The summed E-state index contributed by atoms with van der Waals surface area (Å²) in [5.41, 5.74) is 3.52. The minimum absolute atomic E-state index is 0.0334. The predicted molar refractivity (Wildman–Crippen MR) is 123 cm³/mol. The molecule has 0 saturated carbocycles. The van der Waals surface area contributed by atoms with Crippen LogP contribution in [0.25, 0.3) is 0 Å². The number of hydrogen-bond acceptors (Lipinski definition) is 3. The van der Waals surface area contributed by atoms with E-state index in [1.807, 2.05) is 26.0 Å². The molecule has 0 saturated heterocycles. The molecule has 3 rings (SSSR count). The van der Waals surface area contributed by atoms with E-state index < -0.39 is 0 Å². The van der Waals surface area contributed by atoms with Gasteiger partial charge in [0.25, 0.3) is 0 Å². The van der Waals surface area contributed by atoms with Crippen molar-refractivity contribution in [2.75, 3.05) is 6.61 Å². The first-order valence-electron chi connectivity index (χ1n) is 9.90. The van der Waals surface area contributed by atoms with E-state index in [2.05, 4.69) is 74.5 Å². The molecule has 1 aliphatic rings. The monoisotopic (exact) mass is 417 g/mol. The Hall–Kier alpha value is -1.26. The summed E-state index contributed by atoms with van der Waals surface area (Å²) in [4.78, 5) is 1.24. The Balaban J connectivity index is 0.00000136. The van der Waals surface area contributed by atoms with Gasteiger partial charge in [0.2, 0.25) is 0 Å². The van der Waals surface area contributed by atoms with Gasteiger partial charge in [-0.25, -0.2) is 4.31 Å². The SMILES string of the molecule is CC.Cc1ccccc1SN1C(c2ccc(Cl)cc2)C(CO)=CC1C(C)(C)C. The molecular weight excluding hydrogens is 386 g/mol. The number of halogens is 1. The van der Waals surface area contributed by atoms with Crippen LogP contribution in [-0.4, -0.2) is 22.1 Å². The second-order valence-electron chi connectivity index (χ2n) is 7.88. The van der Waals surface area contributed by atoms with E-state index in [0.29, 0.717) is 0 Å². The van der Waals surface area contributed by atoms with E-state index >= 15 is 0 Å². The Morgan fingerprint density at radius 2 is 1.64 bits per heavy atom. The molecule has 2 nitrogen and oxygen atoms in total. The van der Waals surface area contributed by atoms with Gasteiger partial charge in [-0.1, -0.05) is 82.6 Å². The highest BCUT2D eigenvalue weighted by atomic mass is 35.5. The van der Waals surface area contributed by atoms with Crippen molar-refractivity contribution in [3.63, 3.8) is 0 Å². The Labute approximate surface area is 179 Å². The van der Waals surface area contributed by atoms with Crippen LogP contribution in [0, 0.1) is 12.3 Å². The smallest absolute Gasteiger partial charge is 0.0694 e. The summed E-state index contributed by atoms with van der Waals surface area (Å²) in [5, 5.41) is 10.8. The molecule has 0 bridgehead atoms. The topological polar surface area (TPSA) is 23.5 Å². The number of nitrogens with zero attached hydrogens (tertiary/aromatic N) is 1. The molecule has 1 N–H and O–H groups in total. The third-order valence-electron chi connectivity index (χ3n) is 4.80. The maximum atomic E-state index is 10.0. The normalized spacial score (nSPS) is 19.8. The fraction of sp³-hybridized carbons (Fsp3) is 0.417.